The first-order chi connectivity index (χ1) is 13.0. The highest BCUT2D eigenvalue weighted by molar-refractivity contribution is 7.89. The summed E-state index contributed by atoms with van der Waals surface area (Å²) in [5.41, 5.74) is 6.13. The summed E-state index contributed by atoms with van der Waals surface area (Å²) in [6.45, 7) is 1.10. The SMILES string of the molecule is COc1ccc(Oc2ccc(S(=O)(=O)N3CC4CCC(N)C4C3)cc2)cc1. The molecule has 2 aromatic carbocycles. The van der Waals surface area contributed by atoms with Crippen molar-refractivity contribution in [2.45, 2.75) is 23.8 Å². The molecule has 3 unspecified atom stereocenters. The van der Waals surface area contributed by atoms with Crippen LogP contribution in [0, 0.1) is 11.8 Å². The van der Waals surface area contributed by atoms with Crippen LogP contribution < -0.4 is 15.2 Å². The number of nitrogens with zero attached hydrogens (tertiary/aromatic N) is 1. The average molecular weight is 388 g/mol. The van der Waals surface area contributed by atoms with Gasteiger partial charge in [-0.3, -0.25) is 0 Å². The molecule has 0 spiro atoms. The van der Waals surface area contributed by atoms with E-state index in [1.54, 1.807) is 47.8 Å². The summed E-state index contributed by atoms with van der Waals surface area (Å²) in [6, 6.07) is 13.9. The maximum Gasteiger partial charge on any atom is 0.243 e. The first-order valence-electron chi connectivity index (χ1n) is 9.15. The van der Waals surface area contributed by atoms with Crippen LogP contribution in [0.3, 0.4) is 0 Å². The van der Waals surface area contributed by atoms with E-state index >= 15 is 0 Å². The molecule has 1 aliphatic carbocycles. The lowest BCUT2D eigenvalue weighted by Crippen LogP contribution is -2.33. The summed E-state index contributed by atoms with van der Waals surface area (Å²) >= 11 is 0. The van der Waals surface area contributed by atoms with Gasteiger partial charge < -0.3 is 15.2 Å². The Kier molecular flexibility index (Phi) is 4.84. The third-order valence-corrected chi connectivity index (χ3v) is 7.48. The van der Waals surface area contributed by atoms with Crippen LogP contribution in [0.2, 0.25) is 0 Å². The quantitative estimate of drug-likeness (QED) is 0.852. The van der Waals surface area contributed by atoms with Crippen LogP contribution >= 0.6 is 0 Å². The molecule has 2 N–H and O–H groups in total. The number of rotatable bonds is 5. The van der Waals surface area contributed by atoms with Crippen molar-refractivity contribution in [1.82, 2.24) is 4.31 Å². The van der Waals surface area contributed by atoms with Gasteiger partial charge in [-0.2, -0.15) is 4.31 Å². The number of hydrogen-bond donors (Lipinski definition) is 1. The molecule has 7 heteroatoms. The van der Waals surface area contributed by atoms with Gasteiger partial charge in [0.1, 0.15) is 17.2 Å². The molecule has 0 amide bonds. The topological polar surface area (TPSA) is 81.9 Å². The van der Waals surface area contributed by atoms with Crippen molar-refractivity contribution in [1.29, 1.82) is 0 Å². The first-order valence-corrected chi connectivity index (χ1v) is 10.6. The highest BCUT2D eigenvalue weighted by Crippen LogP contribution is 2.39. The zero-order valence-corrected chi connectivity index (χ0v) is 16.1. The van der Waals surface area contributed by atoms with Gasteiger partial charge in [0.2, 0.25) is 10.0 Å². The number of ether oxygens (including phenoxy) is 2. The molecule has 0 radical (unpaired) electrons. The van der Waals surface area contributed by atoms with Crippen molar-refractivity contribution in [2.75, 3.05) is 20.2 Å². The molecule has 27 heavy (non-hydrogen) atoms. The Hall–Kier alpha value is -2.09. The van der Waals surface area contributed by atoms with Gasteiger partial charge in [-0.25, -0.2) is 8.42 Å². The number of fused-ring (bicyclic) bond motifs is 1. The van der Waals surface area contributed by atoms with Crippen molar-refractivity contribution in [3.05, 3.63) is 48.5 Å². The Morgan fingerprint density at radius 1 is 0.926 bits per heavy atom. The lowest BCUT2D eigenvalue weighted by Gasteiger charge is -2.18. The fraction of sp³-hybridized carbons (Fsp3) is 0.400. The second-order valence-electron chi connectivity index (χ2n) is 7.24. The Labute approximate surface area is 159 Å². The summed E-state index contributed by atoms with van der Waals surface area (Å²) in [5.74, 6) is 2.68. The smallest absolute Gasteiger partial charge is 0.243 e. The Morgan fingerprint density at radius 3 is 2.11 bits per heavy atom. The van der Waals surface area contributed by atoms with E-state index in [9.17, 15) is 8.42 Å². The highest BCUT2D eigenvalue weighted by atomic mass is 32.2. The molecule has 4 rings (SSSR count). The molecular formula is C20H24N2O4S. The molecule has 1 saturated carbocycles. The summed E-state index contributed by atoms with van der Waals surface area (Å²) < 4.78 is 38.4. The van der Waals surface area contributed by atoms with Crippen molar-refractivity contribution in [2.24, 2.45) is 17.6 Å². The third-order valence-electron chi connectivity index (χ3n) is 5.64. The van der Waals surface area contributed by atoms with Crippen molar-refractivity contribution >= 4 is 10.0 Å². The van der Waals surface area contributed by atoms with Crippen molar-refractivity contribution < 1.29 is 17.9 Å². The predicted octanol–water partition coefficient (Wildman–Crippen LogP) is 2.85. The van der Waals surface area contributed by atoms with E-state index in [4.69, 9.17) is 15.2 Å². The minimum Gasteiger partial charge on any atom is -0.497 e. The third kappa shape index (κ3) is 3.54. The van der Waals surface area contributed by atoms with Crippen LogP contribution in [0.4, 0.5) is 0 Å². The number of sulfonamides is 1. The maximum atomic E-state index is 12.9. The number of methoxy groups -OCH3 is 1. The number of benzene rings is 2. The molecule has 1 heterocycles. The maximum absolute atomic E-state index is 12.9. The number of hydrogen-bond acceptors (Lipinski definition) is 5. The van der Waals surface area contributed by atoms with Gasteiger partial charge in [-0.05, 0) is 73.2 Å². The summed E-state index contributed by atoms with van der Waals surface area (Å²) in [6.07, 6.45) is 2.02. The standard InChI is InChI=1S/C20H24N2O4S/c1-25-15-3-5-16(6-4-15)26-17-7-9-18(10-8-17)27(23,24)22-12-14-2-11-20(21)19(14)13-22/h3-10,14,19-20H,2,11-13,21H2,1H3. The summed E-state index contributed by atoms with van der Waals surface area (Å²) in [5, 5.41) is 0. The molecule has 144 valence electrons. The summed E-state index contributed by atoms with van der Waals surface area (Å²) in [7, 11) is -1.89. The average Bonchev–Trinajstić information content (AvgIpc) is 3.26. The first kappa shape index (κ1) is 18.3. The minimum atomic E-state index is -3.50. The van der Waals surface area contributed by atoms with E-state index in [-0.39, 0.29) is 16.9 Å². The summed E-state index contributed by atoms with van der Waals surface area (Å²) in [4.78, 5) is 0.290. The molecule has 2 fully saturated rings. The lowest BCUT2D eigenvalue weighted by molar-refractivity contribution is 0.413. The lowest BCUT2D eigenvalue weighted by atomic mass is 9.98. The van der Waals surface area contributed by atoms with Gasteiger partial charge in [0.15, 0.2) is 0 Å². The van der Waals surface area contributed by atoms with Crippen molar-refractivity contribution in [3.8, 4) is 17.2 Å². The van der Waals surface area contributed by atoms with E-state index in [2.05, 4.69) is 0 Å². The highest BCUT2D eigenvalue weighted by Gasteiger charge is 2.45. The molecule has 6 nitrogen and oxygen atoms in total. The molecule has 1 aliphatic heterocycles. The van der Waals surface area contributed by atoms with Gasteiger partial charge in [0.05, 0.1) is 12.0 Å². The second-order valence-corrected chi connectivity index (χ2v) is 9.17. The molecule has 0 bridgehead atoms. The molecule has 2 aromatic rings. The largest absolute Gasteiger partial charge is 0.497 e. The second kappa shape index (κ2) is 7.14. The van der Waals surface area contributed by atoms with Gasteiger partial charge in [-0.1, -0.05) is 0 Å². The molecular weight excluding hydrogens is 364 g/mol. The van der Waals surface area contributed by atoms with E-state index in [1.165, 1.54) is 0 Å². The normalized spacial score (nSPS) is 25.3. The van der Waals surface area contributed by atoms with Gasteiger partial charge >= 0.3 is 0 Å². The van der Waals surface area contributed by atoms with E-state index in [0.29, 0.717) is 30.5 Å². The van der Waals surface area contributed by atoms with E-state index < -0.39 is 10.0 Å². The molecule has 2 aliphatic rings. The fourth-order valence-corrected chi connectivity index (χ4v) is 5.61. The van der Waals surface area contributed by atoms with Crippen molar-refractivity contribution in [3.63, 3.8) is 0 Å². The van der Waals surface area contributed by atoms with Gasteiger partial charge in [0, 0.05) is 19.1 Å². The van der Waals surface area contributed by atoms with Crippen LogP contribution in [0.25, 0.3) is 0 Å². The van der Waals surface area contributed by atoms with Crippen LogP contribution in [0.1, 0.15) is 12.8 Å². The van der Waals surface area contributed by atoms with E-state index in [0.717, 1.165) is 18.6 Å². The monoisotopic (exact) mass is 388 g/mol. The van der Waals surface area contributed by atoms with E-state index in [1.807, 2.05) is 12.1 Å². The number of nitrogens with two attached hydrogens (primary N) is 1. The molecule has 0 aromatic heterocycles. The van der Waals surface area contributed by atoms with Gasteiger partial charge in [0.25, 0.3) is 0 Å². The van der Waals surface area contributed by atoms with Crippen LogP contribution in [-0.2, 0) is 10.0 Å². The van der Waals surface area contributed by atoms with Crippen LogP contribution in [0.5, 0.6) is 17.2 Å². The predicted molar refractivity (Wildman–Crippen MR) is 102 cm³/mol. The Morgan fingerprint density at radius 2 is 1.52 bits per heavy atom. The minimum absolute atomic E-state index is 0.121. The Balaban J connectivity index is 1.46. The zero-order chi connectivity index (χ0) is 19.0. The molecule has 1 saturated heterocycles. The van der Waals surface area contributed by atoms with Crippen LogP contribution in [-0.4, -0.2) is 39.0 Å². The van der Waals surface area contributed by atoms with Gasteiger partial charge in [-0.15, -0.1) is 0 Å². The fourth-order valence-electron chi connectivity index (χ4n) is 4.07. The zero-order valence-electron chi connectivity index (χ0n) is 15.2. The molecule has 3 atom stereocenters. The van der Waals surface area contributed by atoms with Crippen LogP contribution in [0.15, 0.2) is 53.4 Å². The Bertz CT molecular complexity index is 897.